The first-order chi connectivity index (χ1) is 14.4. The zero-order valence-corrected chi connectivity index (χ0v) is 17.9. The number of H-pyrrole nitrogens is 1. The zero-order chi connectivity index (χ0) is 21.4. The van der Waals surface area contributed by atoms with E-state index in [2.05, 4.69) is 29.9 Å². The van der Waals surface area contributed by atoms with Crippen molar-refractivity contribution >= 4 is 42.0 Å². The van der Waals surface area contributed by atoms with Gasteiger partial charge in [0, 0.05) is 36.6 Å². The van der Waals surface area contributed by atoms with Gasteiger partial charge in [-0.15, -0.1) is 0 Å². The number of carbonyl (C=O) groups excluding carboxylic acids is 2. The summed E-state index contributed by atoms with van der Waals surface area (Å²) >= 11 is 0. The number of nitrogens with one attached hydrogen (secondary N) is 1. The van der Waals surface area contributed by atoms with Gasteiger partial charge in [-0.1, -0.05) is 41.4 Å². The van der Waals surface area contributed by atoms with Crippen molar-refractivity contribution in [2.45, 2.75) is 13.0 Å². The molecule has 1 aliphatic heterocycles. The molecule has 1 amide bonds. The second kappa shape index (κ2) is 7.96. The number of nitrogens with zero attached hydrogens (tertiary/aromatic N) is 2. The molecule has 2 aromatic carbocycles. The highest BCUT2D eigenvalue weighted by Crippen LogP contribution is 2.29. The number of benzene rings is 2. The Morgan fingerprint density at radius 3 is 2.77 bits per heavy atom. The van der Waals surface area contributed by atoms with Gasteiger partial charge in [0.15, 0.2) is 6.29 Å². The number of rotatable bonds is 4. The molecule has 0 saturated heterocycles. The first-order valence-corrected chi connectivity index (χ1v) is 10.2. The number of aromatic nitrogens is 1. The van der Waals surface area contributed by atoms with Crippen molar-refractivity contribution in [2.24, 2.45) is 0 Å². The van der Waals surface area contributed by atoms with E-state index in [9.17, 15) is 9.59 Å². The maximum absolute atomic E-state index is 13.4. The van der Waals surface area contributed by atoms with E-state index in [1.807, 2.05) is 57.4 Å². The Morgan fingerprint density at radius 2 is 2.03 bits per heavy atom. The second-order valence-electron chi connectivity index (χ2n) is 8.22. The van der Waals surface area contributed by atoms with Gasteiger partial charge in [-0.3, -0.25) is 9.59 Å². The van der Waals surface area contributed by atoms with Gasteiger partial charge in [-0.2, -0.15) is 0 Å². The summed E-state index contributed by atoms with van der Waals surface area (Å²) < 4.78 is 0. The first-order valence-electron chi connectivity index (χ1n) is 10.2. The van der Waals surface area contributed by atoms with Crippen LogP contribution in [-0.2, 0) is 0 Å². The van der Waals surface area contributed by atoms with Crippen LogP contribution < -0.4 is 5.46 Å². The number of amides is 1. The molecule has 152 valence electrons. The monoisotopic (exact) mass is 399 g/mol. The van der Waals surface area contributed by atoms with Crippen molar-refractivity contribution < 1.29 is 9.59 Å². The van der Waals surface area contributed by atoms with Crippen molar-refractivity contribution in [3.63, 3.8) is 0 Å². The van der Waals surface area contributed by atoms with E-state index < -0.39 is 0 Å². The quantitative estimate of drug-likeness (QED) is 0.540. The van der Waals surface area contributed by atoms with Crippen LogP contribution in [0.15, 0.2) is 48.5 Å². The Morgan fingerprint density at radius 1 is 1.27 bits per heavy atom. The van der Waals surface area contributed by atoms with Crippen molar-refractivity contribution in [3.05, 3.63) is 70.9 Å². The molecule has 6 heteroatoms. The molecule has 1 N–H and O–H groups in total. The fraction of sp³-hybridized carbons (Fsp3) is 0.250. The first kappa shape index (κ1) is 20.2. The molecule has 1 unspecified atom stereocenters. The highest BCUT2D eigenvalue weighted by molar-refractivity contribution is 6.33. The molecular formula is C24H26BN3O2. The van der Waals surface area contributed by atoms with Gasteiger partial charge in [0.1, 0.15) is 13.5 Å². The standard InChI is InChI=1S/C24H26BN3O2/c1-15-10-17(14-29)19(12-20(15)25)18-8-9-27(2)13-23(18)28(3)24(30)22-11-16-6-4-5-7-21(16)26-22/h4-8,10-12,14,23,26H,9,13,25H2,1-3H3. The highest BCUT2D eigenvalue weighted by atomic mass is 16.2. The number of aryl methyl sites for hydroxylation is 1. The molecule has 1 aromatic heterocycles. The number of aromatic amines is 1. The molecule has 1 atom stereocenters. The van der Waals surface area contributed by atoms with E-state index in [4.69, 9.17) is 0 Å². The number of carbonyl (C=O) groups is 2. The van der Waals surface area contributed by atoms with Crippen LogP contribution in [0.3, 0.4) is 0 Å². The summed E-state index contributed by atoms with van der Waals surface area (Å²) in [7, 11) is 5.94. The fourth-order valence-electron chi connectivity index (χ4n) is 4.19. The third-order valence-electron chi connectivity index (χ3n) is 6.12. The summed E-state index contributed by atoms with van der Waals surface area (Å²) in [6.45, 7) is 3.50. The van der Waals surface area contributed by atoms with E-state index in [1.54, 1.807) is 4.90 Å². The molecule has 3 aromatic rings. The largest absolute Gasteiger partial charge is 0.351 e. The van der Waals surface area contributed by atoms with E-state index in [0.717, 1.165) is 45.9 Å². The predicted molar refractivity (Wildman–Crippen MR) is 124 cm³/mol. The average Bonchev–Trinajstić information content (AvgIpc) is 3.18. The Bertz CT molecular complexity index is 1130. The van der Waals surface area contributed by atoms with Crippen LogP contribution in [0.2, 0.25) is 0 Å². The number of hydrogen-bond donors (Lipinski definition) is 1. The predicted octanol–water partition coefficient (Wildman–Crippen LogP) is 2.02. The third-order valence-corrected chi connectivity index (χ3v) is 6.12. The zero-order valence-electron chi connectivity index (χ0n) is 17.9. The molecule has 0 saturated carbocycles. The van der Waals surface area contributed by atoms with Crippen molar-refractivity contribution in [2.75, 3.05) is 27.2 Å². The van der Waals surface area contributed by atoms with Crippen LogP contribution in [0.5, 0.6) is 0 Å². The lowest BCUT2D eigenvalue weighted by molar-refractivity contribution is 0.0736. The van der Waals surface area contributed by atoms with E-state index in [0.29, 0.717) is 17.8 Å². The number of likely N-dealkylation sites (N-methyl/N-ethyl adjacent to an activating group) is 2. The molecule has 0 spiro atoms. The van der Waals surface area contributed by atoms with Crippen LogP contribution in [0, 0.1) is 6.92 Å². The molecule has 1 aliphatic rings. The second-order valence-corrected chi connectivity index (χ2v) is 8.22. The summed E-state index contributed by atoms with van der Waals surface area (Å²) in [5, 5.41) is 1.02. The Kier molecular flexibility index (Phi) is 5.35. The summed E-state index contributed by atoms with van der Waals surface area (Å²) in [6.07, 6.45) is 3.05. The molecular weight excluding hydrogens is 373 g/mol. The molecule has 30 heavy (non-hydrogen) atoms. The topological polar surface area (TPSA) is 56.4 Å². The van der Waals surface area contributed by atoms with Crippen LogP contribution >= 0.6 is 0 Å². The van der Waals surface area contributed by atoms with Gasteiger partial charge in [0.2, 0.25) is 0 Å². The van der Waals surface area contributed by atoms with Crippen molar-refractivity contribution in [1.29, 1.82) is 0 Å². The summed E-state index contributed by atoms with van der Waals surface area (Å²) in [4.78, 5) is 32.4. The summed E-state index contributed by atoms with van der Waals surface area (Å²) in [5.74, 6) is -0.0612. The highest BCUT2D eigenvalue weighted by Gasteiger charge is 2.30. The minimum absolute atomic E-state index is 0.0612. The maximum atomic E-state index is 13.4. The van der Waals surface area contributed by atoms with Gasteiger partial charge < -0.3 is 14.8 Å². The Balaban J connectivity index is 1.73. The maximum Gasteiger partial charge on any atom is 0.270 e. The van der Waals surface area contributed by atoms with E-state index in [1.165, 1.54) is 0 Å². The van der Waals surface area contributed by atoms with Crippen LogP contribution in [0.1, 0.15) is 32.0 Å². The van der Waals surface area contributed by atoms with Gasteiger partial charge in [0.05, 0.1) is 6.04 Å². The average molecular weight is 399 g/mol. The van der Waals surface area contributed by atoms with E-state index in [-0.39, 0.29) is 11.9 Å². The molecule has 0 aliphatic carbocycles. The third kappa shape index (κ3) is 3.59. The lowest BCUT2D eigenvalue weighted by atomic mass is 9.83. The normalized spacial score (nSPS) is 17.0. The minimum Gasteiger partial charge on any atom is -0.351 e. The van der Waals surface area contributed by atoms with Gasteiger partial charge >= 0.3 is 0 Å². The molecule has 0 bridgehead atoms. The number of hydrogen-bond acceptors (Lipinski definition) is 3. The smallest absolute Gasteiger partial charge is 0.270 e. The van der Waals surface area contributed by atoms with Gasteiger partial charge in [-0.05, 0) is 43.3 Å². The SMILES string of the molecule is Bc1cc(C2=CCN(C)CC2N(C)C(=O)c2cc3ccccc3[nH]2)c(C=O)cc1C. The molecule has 0 fully saturated rings. The van der Waals surface area contributed by atoms with Crippen LogP contribution in [0.25, 0.3) is 16.5 Å². The lowest BCUT2D eigenvalue weighted by Crippen LogP contribution is -2.47. The molecule has 4 rings (SSSR count). The van der Waals surface area contributed by atoms with Gasteiger partial charge in [-0.25, -0.2) is 0 Å². The minimum atomic E-state index is -0.150. The Hall–Kier alpha value is -3.12. The molecule has 0 radical (unpaired) electrons. The van der Waals surface area contributed by atoms with Crippen molar-refractivity contribution in [1.82, 2.24) is 14.8 Å². The number of fused-ring (bicyclic) bond motifs is 1. The Labute approximate surface area is 177 Å². The summed E-state index contributed by atoms with van der Waals surface area (Å²) in [6, 6.07) is 13.6. The summed E-state index contributed by atoms with van der Waals surface area (Å²) in [5.41, 5.74) is 6.37. The molecule has 2 heterocycles. The molecule has 5 nitrogen and oxygen atoms in total. The number of aldehydes is 1. The van der Waals surface area contributed by atoms with Gasteiger partial charge in [0.25, 0.3) is 5.91 Å². The van der Waals surface area contributed by atoms with Crippen LogP contribution in [0.4, 0.5) is 0 Å². The van der Waals surface area contributed by atoms with Crippen LogP contribution in [-0.4, -0.2) is 68.1 Å². The van der Waals surface area contributed by atoms with E-state index >= 15 is 0 Å². The fourth-order valence-corrected chi connectivity index (χ4v) is 4.19. The van der Waals surface area contributed by atoms with Crippen molar-refractivity contribution in [3.8, 4) is 0 Å². The number of para-hydroxylation sites is 1. The lowest BCUT2D eigenvalue weighted by Gasteiger charge is -2.37.